The number of pyridine rings is 1. The van der Waals surface area contributed by atoms with E-state index in [1.807, 2.05) is 0 Å². The molecule has 1 aliphatic rings. The molecule has 158 valence electrons. The van der Waals surface area contributed by atoms with Gasteiger partial charge in [-0.1, -0.05) is 0 Å². The second-order valence-corrected chi connectivity index (χ2v) is 6.94. The second-order valence-electron chi connectivity index (χ2n) is 6.94. The predicted molar refractivity (Wildman–Crippen MR) is 106 cm³/mol. The highest BCUT2D eigenvalue weighted by Gasteiger charge is 2.38. The number of guanidine groups is 1. The topological polar surface area (TPSA) is 110 Å². The minimum Gasteiger partial charge on any atom is -0.489 e. The smallest absolute Gasteiger partial charge is 0.274 e. The fourth-order valence-electron chi connectivity index (χ4n) is 3.03. The summed E-state index contributed by atoms with van der Waals surface area (Å²) in [5.74, 6) is -1.07. The maximum atomic E-state index is 14.6. The standard InChI is InChI=1S/C20H21F2N5O3/c1-20(10-17(28)27(2)19(23)26-20)14-9-12(3-5-15(14)22)25-18(29)16-6-4-13(11-24-16)30-8-7-21/h3-6,9,11H,7-8,10H2,1-2H3,(H2,23,26)(H,25,29). The van der Waals surface area contributed by atoms with E-state index in [2.05, 4.69) is 15.3 Å². The summed E-state index contributed by atoms with van der Waals surface area (Å²) in [7, 11) is 1.49. The summed E-state index contributed by atoms with van der Waals surface area (Å²) in [6, 6.07) is 6.92. The Kier molecular flexibility index (Phi) is 5.95. The van der Waals surface area contributed by atoms with Crippen molar-refractivity contribution in [1.29, 1.82) is 0 Å². The van der Waals surface area contributed by atoms with E-state index in [-0.39, 0.29) is 36.2 Å². The van der Waals surface area contributed by atoms with Gasteiger partial charge >= 0.3 is 0 Å². The SMILES string of the molecule is CN1C(=O)CC(C)(c2cc(NC(=O)c3ccc(OCCF)cn3)ccc2F)N=C1N. The predicted octanol–water partition coefficient (Wildman–Crippen LogP) is 2.21. The molecule has 3 rings (SSSR count). The Morgan fingerprint density at radius 3 is 2.77 bits per heavy atom. The van der Waals surface area contributed by atoms with Gasteiger partial charge in [-0.25, -0.2) is 18.8 Å². The Morgan fingerprint density at radius 1 is 1.37 bits per heavy atom. The van der Waals surface area contributed by atoms with Crippen LogP contribution in [0.15, 0.2) is 41.5 Å². The number of alkyl halides is 1. The van der Waals surface area contributed by atoms with Crippen LogP contribution in [0, 0.1) is 5.82 Å². The lowest BCUT2D eigenvalue weighted by atomic mass is 9.87. The van der Waals surface area contributed by atoms with E-state index in [4.69, 9.17) is 10.5 Å². The van der Waals surface area contributed by atoms with Gasteiger partial charge in [0.1, 0.15) is 30.5 Å². The van der Waals surface area contributed by atoms with E-state index in [0.717, 1.165) is 0 Å². The van der Waals surface area contributed by atoms with Crippen molar-refractivity contribution in [3.63, 3.8) is 0 Å². The number of hydrogen-bond donors (Lipinski definition) is 2. The summed E-state index contributed by atoms with van der Waals surface area (Å²) >= 11 is 0. The van der Waals surface area contributed by atoms with Gasteiger partial charge in [0, 0.05) is 18.3 Å². The zero-order chi connectivity index (χ0) is 21.9. The fourth-order valence-corrected chi connectivity index (χ4v) is 3.03. The molecular formula is C20H21F2N5O3. The highest BCUT2D eigenvalue weighted by atomic mass is 19.1. The molecule has 0 bridgehead atoms. The number of nitrogens with zero attached hydrogens (tertiary/aromatic N) is 3. The number of benzene rings is 1. The molecule has 1 aromatic carbocycles. The molecule has 0 aliphatic carbocycles. The van der Waals surface area contributed by atoms with Gasteiger partial charge < -0.3 is 15.8 Å². The van der Waals surface area contributed by atoms with Crippen molar-refractivity contribution in [2.45, 2.75) is 18.9 Å². The molecule has 30 heavy (non-hydrogen) atoms. The maximum absolute atomic E-state index is 14.6. The molecule has 3 N–H and O–H groups in total. The Bertz CT molecular complexity index is 996. The molecule has 1 aromatic heterocycles. The number of amides is 2. The molecule has 0 saturated heterocycles. The lowest BCUT2D eigenvalue weighted by molar-refractivity contribution is -0.128. The molecule has 2 amide bonds. The van der Waals surface area contributed by atoms with Crippen molar-refractivity contribution < 1.29 is 23.1 Å². The summed E-state index contributed by atoms with van der Waals surface area (Å²) in [5, 5.41) is 2.63. The van der Waals surface area contributed by atoms with Gasteiger partial charge in [-0.15, -0.1) is 0 Å². The first-order chi connectivity index (χ1) is 14.2. The number of carbonyl (C=O) groups excluding carboxylic acids is 2. The van der Waals surface area contributed by atoms with Gasteiger partial charge in [-0.3, -0.25) is 14.5 Å². The van der Waals surface area contributed by atoms with E-state index in [9.17, 15) is 18.4 Å². The van der Waals surface area contributed by atoms with Crippen LogP contribution in [-0.4, -0.2) is 48.0 Å². The lowest BCUT2D eigenvalue weighted by Gasteiger charge is -2.34. The number of aromatic nitrogens is 1. The van der Waals surface area contributed by atoms with Crippen molar-refractivity contribution in [3.8, 4) is 5.75 Å². The van der Waals surface area contributed by atoms with Crippen molar-refractivity contribution >= 4 is 23.5 Å². The number of aliphatic imine (C=N–C) groups is 1. The third-order valence-corrected chi connectivity index (χ3v) is 4.69. The number of carbonyl (C=O) groups is 2. The average Bonchev–Trinajstić information content (AvgIpc) is 2.72. The van der Waals surface area contributed by atoms with Crippen LogP contribution >= 0.6 is 0 Å². The molecule has 0 radical (unpaired) electrons. The third-order valence-electron chi connectivity index (χ3n) is 4.69. The third kappa shape index (κ3) is 4.37. The zero-order valence-corrected chi connectivity index (χ0v) is 16.5. The Morgan fingerprint density at radius 2 is 2.13 bits per heavy atom. The molecule has 0 fully saturated rings. The average molecular weight is 417 g/mol. The quantitative estimate of drug-likeness (QED) is 0.749. The van der Waals surface area contributed by atoms with Gasteiger partial charge in [0.25, 0.3) is 5.91 Å². The molecule has 1 aliphatic heterocycles. The van der Waals surface area contributed by atoms with Gasteiger partial charge in [0.2, 0.25) is 5.91 Å². The van der Waals surface area contributed by atoms with Gasteiger partial charge in [0.05, 0.1) is 18.2 Å². The minimum absolute atomic E-state index is 0.0122. The van der Waals surface area contributed by atoms with E-state index >= 15 is 0 Å². The number of anilines is 1. The van der Waals surface area contributed by atoms with E-state index in [1.54, 1.807) is 6.92 Å². The van der Waals surface area contributed by atoms with Crippen LogP contribution in [0.3, 0.4) is 0 Å². The Hall–Kier alpha value is -3.56. The van der Waals surface area contributed by atoms with Crippen molar-refractivity contribution in [3.05, 3.63) is 53.6 Å². The number of rotatable bonds is 6. The first-order valence-corrected chi connectivity index (χ1v) is 9.11. The summed E-state index contributed by atoms with van der Waals surface area (Å²) in [6.45, 7) is 0.869. The van der Waals surface area contributed by atoms with E-state index in [0.29, 0.717) is 11.4 Å². The minimum atomic E-state index is -1.20. The van der Waals surface area contributed by atoms with E-state index < -0.39 is 23.9 Å². The second kappa shape index (κ2) is 8.44. The molecule has 0 saturated carbocycles. The number of ether oxygens (including phenoxy) is 1. The Balaban J connectivity index is 1.82. The normalized spacial score (nSPS) is 18.7. The molecular weight excluding hydrogens is 396 g/mol. The van der Waals surface area contributed by atoms with Crippen LogP contribution in [0.2, 0.25) is 0 Å². The van der Waals surface area contributed by atoms with Crippen LogP contribution < -0.4 is 15.8 Å². The highest BCUT2D eigenvalue weighted by Crippen LogP contribution is 2.35. The van der Waals surface area contributed by atoms with Crippen molar-refractivity contribution in [2.24, 2.45) is 10.7 Å². The zero-order valence-electron chi connectivity index (χ0n) is 16.5. The Labute approximate surface area is 171 Å². The van der Waals surface area contributed by atoms with Crippen LogP contribution in [0.5, 0.6) is 5.75 Å². The first kappa shape index (κ1) is 21.2. The number of halogens is 2. The van der Waals surface area contributed by atoms with Crippen LogP contribution in [0.4, 0.5) is 14.5 Å². The summed E-state index contributed by atoms with van der Waals surface area (Å²) in [5.41, 5.74) is 5.12. The largest absolute Gasteiger partial charge is 0.489 e. The number of nitrogens with one attached hydrogen (secondary N) is 1. The van der Waals surface area contributed by atoms with Crippen molar-refractivity contribution in [1.82, 2.24) is 9.88 Å². The number of nitrogens with two attached hydrogens (primary N) is 1. The molecule has 1 unspecified atom stereocenters. The maximum Gasteiger partial charge on any atom is 0.274 e. The summed E-state index contributed by atoms with van der Waals surface area (Å²) in [6.07, 6.45) is 1.24. The molecule has 2 heterocycles. The molecule has 0 spiro atoms. The number of hydrogen-bond acceptors (Lipinski definition) is 6. The monoisotopic (exact) mass is 417 g/mol. The van der Waals surface area contributed by atoms with Gasteiger partial charge in [0.15, 0.2) is 5.96 Å². The summed E-state index contributed by atoms with van der Waals surface area (Å²) in [4.78, 5) is 34.1. The molecule has 2 aromatic rings. The first-order valence-electron chi connectivity index (χ1n) is 9.11. The van der Waals surface area contributed by atoms with Crippen molar-refractivity contribution in [2.75, 3.05) is 25.6 Å². The van der Waals surface area contributed by atoms with Gasteiger partial charge in [-0.2, -0.15) is 0 Å². The van der Waals surface area contributed by atoms with E-state index in [1.165, 1.54) is 48.5 Å². The molecule has 1 atom stereocenters. The fraction of sp³-hybridized carbons (Fsp3) is 0.300. The summed E-state index contributed by atoms with van der Waals surface area (Å²) < 4.78 is 31.8. The van der Waals surface area contributed by atoms with Crippen LogP contribution in [0.25, 0.3) is 0 Å². The van der Waals surface area contributed by atoms with Gasteiger partial charge in [-0.05, 0) is 37.3 Å². The highest BCUT2D eigenvalue weighted by molar-refractivity contribution is 6.03. The lowest BCUT2D eigenvalue weighted by Crippen LogP contribution is -2.47. The molecule has 8 nitrogen and oxygen atoms in total. The van der Waals surface area contributed by atoms with Crippen LogP contribution in [-0.2, 0) is 10.3 Å². The molecule has 10 heteroatoms. The van der Waals surface area contributed by atoms with Crippen LogP contribution in [0.1, 0.15) is 29.4 Å².